The standard InChI is InChI=1S/C24H40N5O7PS2/c1-8-10-25-36-37(29(16(2)3)17(4)5)35-21-18(6)33-23(28-11-9-20(30)26-19(28)7)22(21)34-24(38)27-12-14-39(31,32)15-13-27/h8-9,11,16-18,21-23,25H,1,7,10,12-15H2,2-6H3,(H,26,30)/t18-,21?,22+,23-,37?/m1/s1/i6D. The first-order valence-electron chi connectivity index (χ1n) is 13.4. The van der Waals surface area contributed by atoms with Crippen molar-refractivity contribution in [2.45, 2.75) is 71.2 Å². The molecule has 220 valence electrons. The lowest BCUT2D eigenvalue weighted by atomic mass is 10.1. The summed E-state index contributed by atoms with van der Waals surface area (Å²) in [5.74, 6) is -0.122. The van der Waals surface area contributed by atoms with Crippen molar-refractivity contribution in [3.8, 4) is 0 Å². The lowest BCUT2D eigenvalue weighted by Gasteiger charge is -2.39. The quantitative estimate of drug-likeness (QED) is 0.118. The number of carbonyl (C=O) groups is 1. The number of nitrogens with one attached hydrogen (secondary N) is 2. The molecular weight excluding hydrogens is 565 g/mol. The molecule has 15 heteroatoms. The minimum atomic E-state index is -3.13. The number of hydroxylamine groups is 1. The molecule has 0 aromatic carbocycles. The van der Waals surface area contributed by atoms with Crippen molar-refractivity contribution in [2.24, 2.45) is 0 Å². The molecule has 2 fully saturated rings. The van der Waals surface area contributed by atoms with Gasteiger partial charge >= 0.3 is 0 Å². The van der Waals surface area contributed by atoms with Gasteiger partial charge in [0.2, 0.25) is 0 Å². The summed E-state index contributed by atoms with van der Waals surface area (Å²) in [7, 11) is -4.85. The molecular formula is C24H40N5O7PS2. The normalized spacial score (nSPS) is 28.1. The molecule has 3 aliphatic heterocycles. The van der Waals surface area contributed by atoms with E-state index in [0.717, 1.165) is 0 Å². The van der Waals surface area contributed by atoms with Crippen molar-refractivity contribution in [3.63, 3.8) is 0 Å². The van der Waals surface area contributed by atoms with Crippen LogP contribution < -0.4 is 10.8 Å². The third-order valence-corrected chi connectivity index (χ3v) is 10.2. The highest BCUT2D eigenvalue weighted by Gasteiger charge is 2.51. The van der Waals surface area contributed by atoms with Gasteiger partial charge < -0.3 is 29.1 Å². The lowest BCUT2D eigenvalue weighted by molar-refractivity contribution is -0.118. The fourth-order valence-electron chi connectivity index (χ4n) is 4.35. The molecule has 3 rings (SSSR count). The highest BCUT2D eigenvalue weighted by Crippen LogP contribution is 2.49. The second-order valence-electron chi connectivity index (χ2n) is 9.82. The van der Waals surface area contributed by atoms with Crippen molar-refractivity contribution in [2.75, 3.05) is 31.1 Å². The van der Waals surface area contributed by atoms with Crippen LogP contribution in [-0.4, -0.2) is 102 Å². The van der Waals surface area contributed by atoms with E-state index in [1.54, 1.807) is 15.9 Å². The van der Waals surface area contributed by atoms with Crippen LogP contribution in [0.3, 0.4) is 0 Å². The van der Waals surface area contributed by atoms with Gasteiger partial charge in [-0.25, -0.2) is 17.7 Å². The zero-order chi connectivity index (χ0) is 29.6. The van der Waals surface area contributed by atoms with Crippen molar-refractivity contribution >= 4 is 41.7 Å². The molecule has 0 saturated carbocycles. The van der Waals surface area contributed by atoms with Crippen molar-refractivity contribution < 1.29 is 33.2 Å². The summed E-state index contributed by atoms with van der Waals surface area (Å²) < 4.78 is 59.5. The fraction of sp³-hybridized carbons (Fsp3) is 0.667. The average Bonchev–Trinajstić information content (AvgIpc) is 3.20. The van der Waals surface area contributed by atoms with E-state index in [0.29, 0.717) is 6.54 Å². The number of hydrogen-bond donors (Lipinski definition) is 2. The van der Waals surface area contributed by atoms with Gasteiger partial charge in [-0.15, -0.1) is 6.58 Å². The zero-order valence-corrected chi connectivity index (χ0v) is 25.3. The van der Waals surface area contributed by atoms with Gasteiger partial charge in [-0.2, -0.15) is 5.48 Å². The molecule has 0 spiro atoms. The van der Waals surface area contributed by atoms with Gasteiger partial charge in [0.1, 0.15) is 11.9 Å². The second-order valence-corrected chi connectivity index (χ2v) is 13.8. The highest BCUT2D eigenvalue weighted by atomic mass is 32.2. The van der Waals surface area contributed by atoms with Gasteiger partial charge in [0, 0.05) is 45.4 Å². The molecule has 0 bridgehead atoms. The SMILES string of the molecule is [2H]C[C@H]1O[C@@H](N2C=CC(=O)NC2=C)[C@@H](OC(=S)N2CCS(=O)(=O)CC2)C1OP(ONCC=C)N(C(C)C)C(C)C. The Morgan fingerprint density at radius 2 is 2.03 bits per heavy atom. The Bertz CT molecular complexity index is 1060. The summed E-state index contributed by atoms with van der Waals surface area (Å²) in [5.41, 5.74) is 2.88. The molecule has 39 heavy (non-hydrogen) atoms. The first-order valence-corrected chi connectivity index (χ1v) is 16.1. The van der Waals surface area contributed by atoms with Gasteiger partial charge in [0.25, 0.3) is 19.6 Å². The summed E-state index contributed by atoms with van der Waals surface area (Å²) >= 11 is 5.61. The highest BCUT2D eigenvalue weighted by molar-refractivity contribution is 7.91. The van der Waals surface area contributed by atoms with Gasteiger partial charge in [-0.05, 0) is 46.8 Å². The maximum absolute atomic E-state index is 12.0. The van der Waals surface area contributed by atoms with E-state index in [4.69, 9.17) is 32.2 Å². The van der Waals surface area contributed by atoms with Crippen LogP contribution in [0.4, 0.5) is 0 Å². The predicted molar refractivity (Wildman–Crippen MR) is 153 cm³/mol. The number of carbonyl (C=O) groups excluding carboxylic acids is 1. The fourth-order valence-corrected chi connectivity index (χ4v) is 7.49. The number of ether oxygens (including phenoxy) is 2. The Morgan fingerprint density at radius 1 is 1.36 bits per heavy atom. The minimum Gasteiger partial charge on any atom is -0.460 e. The van der Waals surface area contributed by atoms with E-state index in [1.807, 2.05) is 27.7 Å². The average molecular weight is 607 g/mol. The number of rotatable bonds is 11. The van der Waals surface area contributed by atoms with E-state index in [-0.39, 0.29) is 60.5 Å². The third-order valence-electron chi connectivity index (χ3n) is 6.19. The molecule has 0 aliphatic carbocycles. The van der Waals surface area contributed by atoms with E-state index >= 15 is 0 Å². The summed E-state index contributed by atoms with van der Waals surface area (Å²) in [6.45, 7) is 16.4. The van der Waals surface area contributed by atoms with E-state index in [2.05, 4.69) is 28.6 Å². The molecule has 1 amide bonds. The van der Waals surface area contributed by atoms with E-state index < -0.39 is 42.9 Å². The largest absolute Gasteiger partial charge is 0.460 e. The lowest BCUT2D eigenvalue weighted by Crippen LogP contribution is -2.51. The maximum Gasteiger partial charge on any atom is 0.277 e. The molecule has 0 aromatic rings. The Morgan fingerprint density at radius 3 is 2.59 bits per heavy atom. The zero-order valence-electron chi connectivity index (χ0n) is 23.8. The Labute approximate surface area is 239 Å². The topological polar surface area (TPSA) is 122 Å². The summed E-state index contributed by atoms with van der Waals surface area (Å²) in [6.07, 6.45) is 1.23. The monoisotopic (exact) mass is 606 g/mol. The van der Waals surface area contributed by atoms with Crippen molar-refractivity contribution in [1.82, 2.24) is 25.3 Å². The molecule has 0 aromatic heterocycles. The number of nitrogens with zero attached hydrogens (tertiary/aromatic N) is 3. The summed E-state index contributed by atoms with van der Waals surface area (Å²) in [4.78, 5) is 15.2. The summed E-state index contributed by atoms with van der Waals surface area (Å²) in [6, 6.07) is 0.111. The van der Waals surface area contributed by atoms with Crippen LogP contribution in [0.2, 0.25) is 0 Å². The Kier molecular flexibility index (Phi) is 10.7. The number of amides is 1. The molecule has 3 aliphatic rings. The molecule has 0 radical (unpaired) electrons. The Hall–Kier alpha value is -1.64. The number of hydrogen-bond acceptors (Lipinski definition) is 11. The minimum absolute atomic E-state index is 0.0279. The molecule has 5 atom stereocenters. The Balaban J connectivity index is 1.94. The van der Waals surface area contributed by atoms with E-state index in [9.17, 15) is 13.2 Å². The van der Waals surface area contributed by atoms with Gasteiger partial charge in [-0.1, -0.05) is 12.7 Å². The van der Waals surface area contributed by atoms with Gasteiger partial charge in [-0.3, -0.25) is 4.79 Å². The van der Waals surface area contributed by atoms with Crippen LogP contribution in [0, 0.1) is 0 Å². The first kappa shape index (κ1) is 30.3. The smallest absolute Gasteiger partial charge is 0.277 e. The summed E-state index contributed by atoms with van der Waals surface area (Å²) in [5, 5.41) is 2.75. The van der Waals surface area contributed by atoms with Crippen LogP contribution in [0.25, 0.3) is 0 Å². The van der Waals surface area contributed by atoms with Gasteiger partial charge in [0.05, 0.1) is 17.6 Å². The van der Waals surface area contributed by atoms with Crippen LogP contribution in [0.1, 0.15) is 36.0 Å². The molecule has 3 heterocycles. The van der Waals surface area contributed by atoms with Crippen molar-refractivity contribution in [3.05, 3.63) is 37.3 Å². The number of thiocarbonyl (C=S) groups is 1. The molecule has 2 N–H and O–H groups in total. The van der Waals surface area contributed by atoms with Gasteiger partial charge in [0.15, 0.2) is 22.2 Å². The van der Waals surface area contributed by atoms with Crippen LogP contribution in [0.15, 0.2) is 37.3 Å². The van der Waals surface area contributed by atoms with Crippen LogP contribution in [0.5, 0.6) is 0 Å². The molecule has 2 saturated heterocycles. The van der Waals surface area contributed by atoms with Crippen molar-refractivity contribution in [1.29, 1.82) is 0 Å². The van der Waals surface area contributed by atoms with Crippen LogP contribution in [-0.2, 0) is 33.3 Å². The molecule has 2 unspecified atom stereocenters. The predicted octanol–water partition coefficient (Wildman–Crippen LogP) is 1.99. The number of sulfone groups is 1. The third kappa shape index (κ3) is 8.20. The van der Waals surface area contributed by atoms with E-state index in [1.165, 1.54) is 12.3 Å². The second kappa shape index (κ2) is 13.8. The molecule has 12 nitrogen and oxygen atoms in total. The van der Waals surface area contributed by atoms with Crippen LogP contribution >= 0.6 is 20.7 Å². The first-order chi connectivity index (χ1) is 18.9. The maximum atomic E-state index is 12.0.